The minimum absolute atomic E-state index is 0.149. The fourth-order valence-electron chi connectivity index (χ4n) is 3.71. The zero-order chi connectivity index (χ0) is 26.2. The van der Waals surface area contributed by atoms with Crippen LogP contribution in [0.15, 0.2) is 77.3 Å². The number of aryl methyl sites for hydroxylation is 2. The number of hydrogen-bond donors (Lipinski definition) is 2. The van der Waals surface area contributed by atoms with Gasteiger partial charge in [-0.1, -0.05) is 54.5 Å². The Morgan fingerprint density at radius 1 is 0.946 bits per heavy atom. The molecule has 37 heavy (non-hydrogen) atoms. The van der Waals surface area contributed by atoms with Crippen molar-refractivity contribution in [1.82, 2.24) is 20.4 Å². The highest BCUT2D eigenvalue weighted by Gasteiger charge is 2.14. The van der Waals surface area contributed by atoms with Crippen LogP contribution in [0.5, 0.6) is 0 Å². The summed E-state index contributed by atoms with van der Waals surface area (Å²) in [5.74, 6) is 0.718. The van der Waals surface area contributed by atoms with Crippen LogP contribution < -0.4 is 10.6 Å². The van der Waals surface area contributed by atoms with Gasteiger partial charge in [-0.2, -0.15) is 4.98 Å². The first-order valence-electron chi connectivity index (χ1n) is 12.3. The van der Waals surface area contributed by atoms with Crippen LogP contribution in [-0.2, 0) is 19.4 Å². The van der Waals surface area contributed by atoms with Crippen molar-refractivity contribution >= 4 is 17.6 Å². The summed E-state index contributed by atoms with van der Waals surface area (Å²) in [5, 5.41) is 9.88. The van der Waals surface area contributed by atoms with E-state index in [0.717, 1.165) is 28.8 Å². The van der Waals surface area contributed by atoms with E-state index in [4.69, 9.17) is 4.52 Å². The summed E-state index contributed by atoms with van der Waals surface area (Å²) >= 11 is 0. The molecule has 4 aromatic rings. The Morgan fingerprint density at radius 3 is 2.35 bits per heavy atom. The summed E-state index contributed by atoms with van der Waals surface area (Å²) in [7, 11) is 1.72. The van der Waals surface area contributed by atoms with E-state index in [0.29, 0.717) is 36.8 Å². The van der Waals surface area contributed by atoms with Crippen molar-refractivity contribution in [3.8, 4) is 11.5 Å². The second-order valence-corrected chi connectivity index (χ2v) is 8.86. The molecular weight excluding hydrogens is 466 g/mol. The normalized spacial score (nSPS) is 10.7. The first-order valence-corrected chi connectivity index (χ1v) is 12.3. The Bertz CT molecular complexity index is 1350. The standard InChI is InChI=1S/C29H31N5O3/c1-4-21-9-11-22(12-10-21)19-30-27(35)23-13-15-24(16-14-23)28-32-26(33-37-28)17-18-34(3)29(36)31-25-8-6-5-7-20(25)2/h5-16H,4,17-19H2,1-3H3,(H,30,35)(H,31,36). The Balaban J connectivity index is 1.28. The van der Waals surface area contributed by atoms with E-state index in [9.17, 15) is 9.59 Å². The van der Waals surface area contributed by atoms with Crippen LogP contribution in [0.3, 0.4) is 0 Å². The van der Waals surface area contributed by atoms with Gasteiger partial charge in [0.2, 0.25) is 0 Å². The van der Waals surface area contributed by atoms with Crippen LogP contribution in [-0.4, -0.2) is 40.6 Å². The maximum absolute atomic E-state index is 12.5. The van der Waals surface area contributed by atoms with Crippen LogP contribution in [0.4, 0.5) is 10.5 Å². The Labute approximate surface area is 216 Å². The number of nitrogens with zero attached hydrogens (tertiary/aromatic N) is 3. The largest absolute Gasteiger partial charge is 0.348 e. The van der Waals surface area contributed by atoms with Gasteiger partial charge in [-0.3, -0.25) is 4.79 Å². The summed E-state index contributed by atoms with van der Waals surface area (Å²) in [6, 6.07) is 22.7. The summed E-state index contributed by atoms with van der Waals surface area (Å²) in [6.45, 7) is 4.96. The topological polar surface area (TPSA) is 100 Å². The lowest BCUT2D eigenvalue weighted by molar-refractivity contribution is 0.0951. The first kappa shape index (κ1) is 25.6. The summed E-state index contributed by atoms with van der Waals surface area (Å²) in [5.41, 5.74) is 5.37. The van der Waals surface area contributed by atoms with Gasteiger partial charge in [0.1, 0.15) is 0 Å². The summed E-state index contributed by atoms with van der Waals surface area (Å²) < 4.78 is 5.40. The molecule has 0 radical (unpaired) electrons. The van der Waals surface area contributed by atoms with Gasteiger partial charge >= 0.3 is 6.03 Å². The number of para-hydroxylation sites is 1. The van der Waals surface area contributed by atoms with E-state index in [2.05, 4.69) is 39.8 Å². The van der Waals surface area contributed by atoms with Gasteiger partial charge in [0, 0.05) is 43.4 Å². The number of benzene rings is 3. The first-order chi connectivity index (χ1) is 17.9. The molecule has 8 nitrogen and oxygen atoms in total. The molecule has 0 saturated carbocycles. The molecule has 0 aliphatic heterocycles. The SMILES string of the molecule is CCc1ccc(CNC(=O)c2ccc(-c3nc(CCN(C)C(=O)Nc4ccccc4C)no3)cc2)cc1. The van der Waals surface area contributed by atoms with Crippen LogP contribution in [0.1, 0.15) is 39.8 Å². The number of urea groups is 1. The number of rotatable bonds is 9. The predicted molar refractivity (Wildman–Crippen MR) is 143 cm³/mol. The molecule has 8 heteroatoms. The average Bonchev–Trinajstić information content (AvgIpc) is 3.41. The zero-order valence-electron chi connectivity index (χ0n) is 21.3. The maximum Gasteiger partial charge on any atom is 0.321 e. The lowest BCUT2D eigenvalue weighted by atomic mass is 10.1. The fourth-order valence-corrected chi connectivity index (χ4v) is 3.71. The van der Waals surface area contributed by atoms with Crippen molar-refractivity contribution in [2.24, 2.45) is 0 Å². The number of aromatic nitrogens is 2. The second kappa shape index (κ2) is 12.0. The molecule has 0 aliphatic carbocycles. The molecule has 0 bridgehead atoms. The van der Waals surface area contributed by atoms with Crippen molar-refractivity contribution in [3.63, 3.8) is 0 Å². The highest BCUT2D eigenvalue weighted by Crippen LogP contribution is 2.19. The number of amides is 3. The van der Waals surface area contributed by atoms with Crippen molar-refractivity contribution < 1.29 is 14.1 Å². The van der Waals surface area contributed by atoms with E-state index in [1.54, 1.807) is 36.2 Å². The Kier molecular flexibility index (Phi) is 8.30. The molecule has 0 saturated heterocycles. The molecule has 190 valence electrons. The number of carbonyl (C=O) groups is 2. The molecule has 3 amide bonds. The van der Waals surface area contributed by atoms with Crippen LogP contribution in [0, 0.1) is 6.92 Å². The van der Waals surface area contributed by atoms with Gasteiger partial charge in [-0.25, -0.2) is 4.79 Å². The van der Waals surface area contributed by atoms with Crippen LogP contribution in [0.2, 0.25) is 0 Å². The smallest absolute Gasteiger partial charge is 0.321 e. The number of nitrogens with one attached hydrogen (secondary N) is 2. The number of carbonyl (C=O) groups excluding carboxylic acids is 2. The fraction of sp³-hybridized carbons (Fsp3) is 0.241. The third-order valence-electron chi connectivity index (χ3n) is 6.15. The van der Waals surface area contributed by atoms with Crippen molar-refractivity contribution in [1.29, 1.82) is 0 Å². The predicted octanol–water partition coefficient (Wildman–Crippen LogP) is 5.24. The van der Waals surface area contributed by atoms with E-state index in [1.165, 1.54) is 5.56 Å². The van der Waals surface area contributed by atoms with Gasteiger partial charge in [-0.15, -0.1) is 0 Å². The molecule has 3 aromatic carbocycles. The van der Waals surface area contributed by atoms with Gasteiger partial charge in [0.25, 0.3) is 11.8 Å². The van der Waals surface area contributed by atoms with Gasteiger partial charge in [0.15, 0.2) is 5.82 Å². The van der Waals surface area contributed by atoms with Crippen molar-refractivity contribution in [3.05, 3.63) is 101 Å². The third kappa shape index (κ3) is 6.82. The third-order valence-corrected chi connectivity index (χ3v) is 6.15. The lowest BCUT2D eigenvalue weighted by Crippen LogP contribution is -2.33. The van der Waals surface area contributed by atoms with E-state index < -0.39 is 0 Å². The molecule has 0 aliphatic rings. The molecule has 0 fully saturated rings. The Morgan fingerprint density at radius 2 is 1.65 bits per heavy atom. The summed E-state index contributed by atoms with van der Waals surface area (Å²) in [4.78, 5) is 31.0. The molecule has 1 heterocycles. The zero-order valence-corrected chi connectivity index (χ0v) is 21.3. The molecule has 0 spiro atoms. The van der Waals surface area contributed by atoms with E-state index in [1.807, 2.05) is 43.3 Å². The minimum atomic E-state index is -0.204. The number of hydrogen-bond acceptors (Lipinski definition) is 5. The Hall–Kier alpha value is -4.46. The molecule has 0 unspecified atom stereocenters. The average molecular weight is 498 g/mol. The molecular formula is C29H31N5O3. The molecule has 0 atom stereocenters. The monoisotopic (exact) mass is 497 g/mol. The number of likely N-dealkylation sites (N-methyl/N-ethyl adjacent to an activating group) is 1. The molecule has 2 N–H and O–H groups in total. The quantitative estimate of drug-likeness (QED) is 0.329. The second-order valence-electron chi connectivity index (χ2n) is 8.86. The minimum Gasteiger partial charge on any atom is -0.348 e. The van der Waals surface area contributed by atoms with Gasteiger partial charge in [0.05, 0.1) is 0 Å². The molecule has 4 rings (SSSR count). The van der Waals surface area contributed by atoms with Crippen LogP contribution >= 0.6 is 0 Å². The molecule has 1 aromatic heterocycles. The van der Waals surface area contributed by atoms with E-state index >= 15 is 0 Å². The van der Waals surface area contributed by atoms with Gasteiger partial charge < -0.3 is 20.1 Å². The van der Waals surface area contributed by atoms with Crippen molar-refractivity contribution in [2.75, 3.05) is 18.9 Å². The highest BCUT2D eigenvalue weighted by molar-refractivity contribution is 5.94. The van der Waals surface area contributed by atoms with Crippen molar-refractivity contribution in [2.45, 2.75) is 33.2 Å². The van der Waals surface area contributed by atoms with Gasteiger partial charge in [-0.05, 0) is 60.4 Å². The highest BCUT2D eigenvalue weighted by atomic mass is 16.5. The number of anilines is 1. The van der Waals surface area contributed by atoms with Crippen LogP contribution in [0.25, 0.3) is 11.5 Å². The maximum atomic E-state index is 12.5. The lowest BCUT2D eigenvalue weighted by Gasteiger charge is -2.18. The summed E-state index contributed by atoms with van der Waals surface area (Å²) in [6.07, 6.45) is 1.43. The van der Waals surface area contributed by atoms with E-state index in [-0.39, 0.29) is 11.9 Å².